The first-order valence-electron chi connectivity index (χ1n) is 10.3. The Balaban J connectivity index is 1.65. The van der Waals surface area contributed by atoms with Gasteiger partial charge in [-0.2, -0.15) is 5.10 Å². The number of aryl methyl sites for hydroxylation is 2. The third-order valence-corrected chi connectivity index (χ3v) is 6.12. The second-order valence-corrected chi connectivity index (χ2v) is 9.18. The summed E-state index contributed by atoms with van der Waals surface area (Å²) >= 11 is 15.6. The van der Waals surface area contributed by atoms with Crippen molar-refractivity contribution in [2.45, 2.75) is 20.5 Å². The molecular formula is C25H22BrCl2N3O4. The standard InChI is InChI=1S/C25H22BrCl2N3O4/c1-14-5-4-6-15(2)22(14)30-24(32)25(33)31-29-12-16-9-19(26)23(21(10-16)34-3)35-13-17-7-8-18(27)11-20(17)28/h4-12H,13H2,1-3H3,(H,30,32)(H,31,33). The van der Waals surface area contributed by atoms with E-state index in [-0.39, 0.29) is 6.61 Å². The van der Waals surface area contributed by atoms with Crippen molar-refractivity contribution in [3.8, 4) is 11.5 Å². The zero-order valence-electron chi connectivity index (χ0n) is 19.1. The van der Waals surface area contributed by atoms with Gasteiger partial charge in [-0.3, -0.25) is 9.59 Å². The predicted molar refractivity (Wildman–Crippen MR) is 142 cm³/mol. The summed E-state index contributed by atoms with van der Waals surface area (Å²) in [4.78, 5) is 24.4. The number of para-hydroxylation sites is 1. The molecule has 0 fully saturated rings. The lowest BCUT2D eigenvalue weighted by atomic mass is 10.1. The van der Waals surface area contributed by atoms with Gasteiger partial charge < -0.3 is 14.8 Å². The maximum absolute atomic E-state index is 12.2. The highest BCUT2D eigenvalue weighted by Crippen LogP contribution is 2.37. The van der Waals surface area contributed by atoms with E-state index >= 15 is 0 Å². The van der Waals surface area contributed by atoms with Gasteiger partial charge in [0.05, 0.1) is 17.8 Å². The van der Waals surface area contributed by atoms with Crippen LogP contribution in [0.5, 0.6) is 11.5 Å². The Labute approximate surface area is 221 Å². The number of ether oxygens (including phenoxy) is 2. The number of rotatable bonds is 7. The van der Waals surface area contributed by atoms with Crippen molar-refractivity contribution in [2.24, 2.45) is 5.10 Å². The third kappa shape index (κ3) is 6.97. The average Bonchev–Trinajstić information content (AvgIpc) is 2.81. The molecule has 0 aliphatic heterocycles. The van der Waals surface area contributed by atoms with Crippen LogP contribution in [0.15, 0.2) is 58.1 Å². The lowest BCUT2D eigenvalue weighted by Crippen LogP contribution is -2.32. The van der Waals surface area contributed by atoms with Crippen LogP contribution in [0.1, 0.15) is 22.3 Å². The van der Waals surface area contributed by atoms with Gasteiger partial charge in [0.2, 0.25) is 0 Å². The van der Waals surface area contributed by atoms with Crippen molar-refractivity contribution in [2.75, 3.05) is 12.4 Å². The minimum absolute atomic E-state index is 0.198. The molecule has 35 heavy (non-hydrogen) atoms. The van der Waals surface area contributed by atoms with Gasteiger partial charge in [0.1, 0.15) is 6.61 Å². The molecule has 3 aromatic carbocycles. The first kappa shape index (κ1) is 26.5. The Hall–Kier alpha value is -3.07. The molecule has 0 atom stereocenters. The van der Waals surface area contributed by atoms with Crippen LogP contribution in [-0.2, 0) is 16.2 Å². The van der Waals surface area contributed by atoms with Crippen LogP contribution < -0.4 is 20.2 Å². The van der Waals surface area contributed by atoms with Crippen LogP contribution in [0.25, 0.3) is 0 Å². The number of halogens is 3. The van der Waals surface area contributed by atoms with Gasteiger partial charge in [-0.1, -0.05) is 47.5 Å². The number of hydrogen-bond donors (Lipinski definition) is 2. The van der Waals surface area contributed by atoms with Gasteiger partial charge in [0.15, 0.2) is 11.5 Å². The molecule has 0 spiro atoms. The molecular weight excluding hydrogens is 557 g/mol. The number of methoxy groups -OCH3 is 1. The van der Waals surface area contributed by atoms with E-state index in [1.165, 1.54) is 13.3 Å². The molecule has 0 aromatic heterocycles. The summed E-state index contributed by atoms with van der Waals surface area (Å²) in [5.74, 6) is -0.810. The van der Waals surface area contributed by atoms with E-state index < -0.39 is 11.8 Å². The summed E-state index contributed by atoms with van der Waals surface area (Å²) in [6.45, 7) is 3.90. The number of nitrogens with one attached hydrogen (secondary N) is 2. The SMILES string of the molecule is COc1cc(C=NNC(=O)C(=O)Nc2c(C)cccc2C)cc(Br)c1OCc1ccc(Cl)cc1Cl. The lowest BCUT2D eigenvalue weighted by Gasteiger charge is -2.14. The van der Waals surface area contributed by atoms with Crippen molar-refractivity contribution in [3.63, 3.8) is 0 Å². The Bertz CT molecular complexity index is 1280. The largest absolute Gasteiger partial charge is 0.493 e. The van der Waals surface area contributed by atoms with Gasteiger partial charge in [-0.15, -0.1) is 0 Å². The third-order valence-electron chi connectivity index (χ3n) is 4.94. The van der Waals surface area contributed by atoms with Crippen molar-refractivity contribution in [3.05, 3.63) is 85.3 Å². The number of carbonyl (C=O) groups is 2. The lowest BCUT2D eigenvalue weighted by molar-refractivity contribution is -0.136. The second-order valence-electron chi connectivity index (χ2n) is 7.48. The van der Waals surface area contributed by atoms with E-state index in [1.54, 1.807) is 30.3 Å². The van der Waals surface area contributed by atoms with E-state index in [1.807, 2.05) is 32.0 Å². The maximum atomic E-state index is 12.2. The number of anilines is 1. The summed E-state index contributed by atoms with van der Waals surface area (Å²) in [7, 11) is 1.50. The number of nitrogens with zero attached hydrogens (tertiary/aromatic N) is 1. The van der Waals surface area contributed by atoms with Gasteiger partial charge in [0, 0.05) is 21.3 Å². The number of hydrazone groups is 1. The van der Waals surface area contributed by atoms with E-state index in [0.717, 1.165) is 16.7 Å². The fourth-order valence-corrected chi connectivity index (χ4v) is 4.18. The van der Waals surface area contributed by atoms with Crippen LogP contribution >= 0.6 is 39.1 Å². The zero-order valence-corrected chi connectivity index (χ0v) is 22.2. The summed E-state index contributed by atoms with van der Waals surface area (Å²) in [6, 6.07) is 14.1. The van der Waals surface area contributed by atoms with E-state index in [4.69, 9.17) is 32.7 Å². The molecule has 0 unspecified atom stereocenters. The minimum atomic E-state index is -0.894. The molecule has 182 valence electrons. The fraction of sp³-hybridized carbons (Fsp3) is 0.160. The molecule has 3 rings (SSSR count). The van der Waals surface area contributed by atoms with Crippen molar-refractivity contribution < 1.29 is 19.1 Å². The first-order valence-corrected chi connectivity index (χ1v) is 11.9. The molecule has 10 heteroatoms. The average molecular weight is 579 g/mol. The number of carbonyl (C=O) groups excluding carboxylic acids is 2. The summed E-state index contributed by atoms with van der Waals surface area (Å²) in [5.41, 5.74) is 5.89. The molecule has 0 bridgehead atoms. The smallest absolute Gasteiger partial charge is 0.329 e. The van der Waals surface area contributed by atoms with Crippen LogP contribution in [-0.4, -0.2) is 25.1 Å². The topological polar surface area (TPSA) is 89.0 Å². The summed E-state index contributed by atoms with van der Waals surface area (Å²) in [6.07, 6.45) is 1.39. The Kier molecular flexibility index (Phi) is 9.14. The normalized spacial score (nSPS) is 10.8. The minimum Gasteiger partial charge on any atom is -0.493 e. The van der Waals surface area contributed by atoms with Crippen molar-refractivity contribution in [1.29, 1.82) is 0 Å². The van der Waals surface area contributed by atoms with E-state index in [0.29, 0.717) is 37.3 Å². The monoisotopic (exact) mass is 577 g/mol. The predicted octanol–water partition coefficient (Wildman–Crippen LogP) is 6.05. The van der Waals surface area contributed by atoms with Gasteiger partial charge >= 0.3 is 11.8 Å². The van der Waals surface area contributed by atoms with Crippen LogP contribution in [0.3, 0.4) is 0 Å². The molecule has 2 amide bonds. The molecule has 3 aromatic rings. The van der Waals surface area contributed by atoms with Crippen LogP contribution in [0.2, 0.25) is 10.0 Å². The number of amides is 2. The van der Waals surface area contributed by atoms with E-state index in [2.05, 4.69) is 31.8 Å². The summed E-state index contributed by atoms with van der Waals surface area (Å²) < 4.78 is 11.9. The zero-order chi connectivity index (χ0) is 25.5. The van der Waals surface area contributed by atoms with Crippen LogP contribution in [0.4, 0.5) is 5.69 Å². The number of hydrogen-bond acceptors (Lipinski definition) is 5. The Morgan fingerprint density at radius 2 is 1.77 bits per heavy atom. The second kappa shape index (κ2) is 12.1. The molecule has 0 saturated carbocycles. The Morgan fingerprint density at radius 3 is 2.43 bits per heavy atom. The molecule has 0 radical (unpaired) electrons. The highest BCUT2D eigenvalue weighted by atomic mass is 79.9. The highest BCUT2D eigenvalue weighted by Gasteiger charge is 2.16. The molecule has 0 heterocycles. The molecule has 0 aliphatic rings. The van der Waals surface area contributed by atoms with Gasteiger partial charge in [-0.05, 0) is 70.7 Å². The molecule has 2 N–H and O–H groups in total. The fourth-order valence-electron chi connectivity index (χ4n) is 3.14. The maximum Gasteiger partial charge on any atom is 0.329 e. The Morgan fingerprint density at radius 1 is 1.06 bits per heavy atom. The van der Waals surface area contributed by atoms with Crippen LogP contribution in [0, 0.1) is 13.8 Å². The highest BCUT2D eigenvalue weighted by molar-refractivity contribution is 9.10. The quantitative estimate of drug-likeness (QED) is 0.203. The van der Waals surface area contributed by atoms with Crippen molar-refractivity contribution in [1.82, 2.24) is 5.43 Å². The molecule has 0 aliphatic carbocycles. The number of benzene rings is 3. The van der Waals surface area contributed by atoms with Crippen molar-refractivity contribution >= 4 is 62.8 Å². The molecule has 7 nitrogen and oxygen atoms in total. The van der Waals surface area contributed by atoms with Gasteiger partial charge in [-0.25, -0.2) is 5.43 Å². The van der Waals surface area contributed by atoms with E-state index in [9.17, 15) is 9.59 Å². The summed E-state index contributed by atoms with van der Waals surface area (Å²) in [5, 5.41) is 7.52. The first-order chi connectivity index (χ1) is 16.7. The molecule has 0 saturated heterocycles. The van der Waals surface area contributed by atoms with Gasteiger partial charge in [0.25, 0.3) is 0 Å².